The van der Waals surface area contributed by atoms with Crippen molar-refractivity contribution in [2.75, 3.05) is 6.61 Å². The molecule has 1 saturated heterocycles. The first-order valence-corrected chi connectivity index (χ1v) is 6.51. The average Bonchev–Trinajstić information content (AvgIpc) is 2.44. The highest BCUT2D eigenvalue weighted by molar-refractivity contribution is 5.72. The largest absolute Gasteiger partial charge is 0.465 e. The van der Waals surface area contributed by atoms with Gasteiger partial charge in [-0.3, -0.25) is 4.79 Å². The number of carbonyl (C=O) groups is 1. The second-order valence-electron chi connectivity index (χ2n) is 4.56. The third-order valence-electron chi connectivity index (χ3n) is 3.18. The van der Waals surface area contributed by atoms with Crippen molar-refractivity contribution in [3.8, 4) is 0 Å². The SMILES string of the molecule is CCCCCCCC1CCCCOC1=O. The summed E-state index contributed by atoms with van der Waals surface area (Å²) in [5.41, 5.74) is 0. The molecule has 1 aliphatic rings. The Hall–Kier alpha value is -0.530. The number of cyclic esters (lactones) is 1. The van der Waals surface area contributed by atoms with Crippen molar-refractivity contribution in [2.45, 2.75) is 64.7 Å². The fraction of sp³-hybridized carbons (Fsp3) is 0.923. The first kappa shape index (κ1) is 12.5. The summed E-state index contributed by atoms with van der Waals surface area (Å²) < 4.78 is 5.15. The van der Waals surface area contributed by atoms with Gasteiger partial charge in [0.1, 0.15) is 0 Å². The summed E-state index contributed by atoms with van der Waals surface area (Å²) in [6.07, 6.45) is 10.7. The molecule has 0 N–H and O–H groups in total. The highest BCUT2D eigenvalue weighted by Crippen LogP contribution is 2.21. The zero-order valence-electron chi connectivity index (χ0n) is 9.96. The van der Waals surface area contributed by atoms with Gasteiger partial charge in [0.2, 0.25) is 0 Å². The number of hydrogen-bond donors (Lipinski definition) is 0. The second-order valence-corrected chi connectivity index (χ2v) is 4.56. The molecule has 1 aliphatic heterocycles. The van der Waals surface area contributed by atoms with Gasteiger partial charge in [-0.15, -0.1) is 0 Å². The van der Waals surface area contributed by atoms with Gasteiger partial charge < -0.3 is 4.74 Å². The lowest BCUT2D eigenvalue weighted by Gasteiger charge is -2.11. The third-order valence-corrected chi connectivity index (χ3v) is 3.18. The normalized spacial score (nSPS) is 22.2. The Kier molecular flexibility index (Phi) is 6.45. The van der Waals surface area contributed by atoms with Gasteiger partial charge in [-0.2, -0.15) is 0 Å². The molecular formula is C13H24O2. The molecule has 0 saturated carbocycles. The highest BCUT2D eigenvalue weighted by Gasteiger charge is 2.21. The van der Waals surface area contributed by atoms with Gasteiger partial charge in [0, 0.05) is 0 Å². The first-order chi connectivity index (χ1) is 7.34. The molecule has 2 nitrogen and oxygen atoms in total. The van der Waals surface area contributed by atoms with Gasteiger partial charge in [0.15, 0.2) is 0 Å². The van der Waals surface area contributed by atoms with Crippen molar-refractivity contribution in [3.63, 3.8) is 0 Å². The Morgan fingerprint density at radius 2 is 2.00 bits per heavy atom. The minimum Gasteiger partial charge on any atom is -0.465 e. The summed E-state index contributed by atoms with van der Waals surface area (Å²) in [6, 6.07) is 0. The molecule has 0 aromatic carbocycles. The van der Waals surface area contributed by atoms with Crippen molar-refractivity contribution in [3.05, 3.63) is 0 Å². The van der Waals surface area contributed by atoms with Gasteiger partial charge >= 0.3 is 5.97 Å². The fourth-order valence-corrected chi connectivity index (χ4v) is 2.16. The maximum atomic E-state index is 11.5. The van der Waals surface area contributed by atoms with Crippen LogP contribution in [0, 0.1) is 5.92 Å². The maximum Gasteiger partial charge on any atom is 0.308 e. The number of esters is 1. The van der Waals surface area contributed by atoms with Crippen molar-refractivity contribution in [1.82, 2.24) is 0 Å². The van der Waals surface area contributed by atoms with Crippen molar-refractivity contribution in [2.24, 2.45) is 5.92 Å². The molecule has 0 amide bonds. The molecule has 0 radical (unpaired) electrons. The summed E-state index contributed by atoms with van der Waals surface area (Å²) >= 11 is 0. The van der Waals surface area contributed by atoms with Crippen LogP contribution in [0.25, 0.3) is 0 Å². The van der Waals surface area contributed by atoms with Gasteiger partial charge in [-0.25, -0.2) is 0 Å². The van der Waals surface area contributed by atoms with Gasteiger partial charge in [-0.05, 0) is 25.7 Å². The molecule has 2 heteroatoms. The van der Waals surface area contributed by atoms with Crippen LogP contribution >= 0.6 is 0 Å². The topological polar surface area (TPSA) is 26.3 Å². The van der Waals surface area contributed by atoms with E-state index in [0.29, 0.717) is 6.61 Å². The molecular weight excluding hydrogens is 188 g/mol. The lowest BCUT2D eigenvalue weighted by molar-refractivity contribution is -0.147. The summed E-state index contributed by atoms with van der Waals surface area (Å²) in [7, 11) is 0. The zero-order valence-corrected chi connectivity index (χ0v) is 9.96. The number of ether oxygens (including phenoxy) is 1. The molecule has 1 heterocycles. The molecule has 15 heavy (non-hydrogen) atoms. The minimum atomic E-state index is 0.0583. The van der Waals surface area contributed by atoms with Crippen LogP contribution in [0.2, 0.25) is 0 Å². The van der Waals surface area contributed by atoms with E-state index in [9.17, 15) is 4.79 Å². The number of unbranched alkanes of at least 4 members (excludes halogenated alkanes) is 4. The molecule has 1 rings (SSSR count). The van der Waals surface area contributed by atoms with Gasteiger partial charge in [0.05, 0.1) is 12.5 Å². The van der Waals surface area contributed by atoms with E-state index in [0.717, 1.165) is 25.7 Å². The molecule has 1 atom stereocenters. The van der Waals surface area contributed by atoms with Crippen LogP contribution < -0.4 is 0 Å². The zero-order chi connectivity index (χ0) is 10.9. The number of rotatable bonds is 6. The third kappa shape index (κ3) is 5.19. The molecule has 1 unspecified atom stereocenters. The highest BCUT2D eigenvalue weighted by atomic mass is 16.5. The van der Waals surface area contributed by atoms with E-state index in [-0.39, 0.29) is 11.9 Å². The van der Waals surface area contributed by atoms with Crippen molar-refractivity contribution < 1.29 is 9.53 Å². The van der Waals surface area contributed by atoms with Crippen LogP contribution in [0.15, 0.2) is 0 Å². The maximum absolute atomic E-state index is 11.5. The summed E-state index contributed by atoms with van der Waals surface area (Å²) in [5.74, 6) is 0.261. The second kappa shape index (κ2) is 7.72. The molecule has 0 spiro atoms. The molecule has 0 aromatic rings. The summed E-state index contributed by atoms with van der Waals surface area (Å²) in [6.45, 7) is 2.87. The summed E-state index contributed by atoms with van der Waals surface area (Å²) in [4.78, 5) is 11.5. The van der Waals surface area contributed by atoms with E-state index in [1.807, 2.05) is 0 Å². The van der Waals surface area contributed by atoms with E-state index in [1.54, 1.807) is 0 Å². The van der Waals surface area contributed by atoms with Crippen LogP contribution in [0.4, 0.5) is 0 Å². The monoisotopic (exact) mass is 212 g/mol. The summed E-state index contributed by atoms with van der Waals surface area (Å²) in [5, 5.41) is 0. The minimum absolute atomic E-state index is 0.0583. The van der Waals surface area contributed by atoms with Gasteiger partial charge in [-0.1, -0.05) is 39.0 Å². The predicted octanol–water partition coefficient (Wildman–Crippen LogP) is 3.69. The smallest absolute Gasteiger partial charge is 0.308 e. The number of carbonyl (C=O) groups excluding carboxylic acids is 1. The van der Waals surface area contributed by atoms with E-state index in [1.165, 1.54) is 32.1 Å². The number of hydrogen-bond acceptors (Lipinski definition) is 2. The first-order valence-electron chi connectivity index (χ1n) is 6.51. The predicted molar refractivity (Wildman–Crippen MR) is 61.7 cm³/mol. The molecule has 0 bridgehead atoms. The van der Waals surface area contributed by atoms with Crippen LogP contribution in [0.5, 0.6) is 0 Å². The van der Waals surface area contributed by atoms with Crippen molar-refractivity contribution >= 4 is 5.97 Å². The molecule has 1 fully saturated rings. The molecule has 0 aliphatic carbocycles. The van der Waals surface area contributed by atoms with Crippen molar-refractivity contribution in [1.29, 1.82) is 0 Å². The average molecular weight is 212 g/mol. The Bertz CT molecular complexity index is 177. The quantitative estimate of drug-likeness (QED) is 0.496. The van der Waals surface area contributed by atoms with E-state index >= 15 is 0 Å². The van der Waals surface area contributed by atoms with E-state index < -0.39 is 0 Å². The molecule has 88 valence electrons. The van der Waals surface area contributed by atoms with Crippen LogP contribution in [-0.4, -0.2) is 12.6 Å². The molecule has 0 aromatic heterocycles. The lowest BCUT2D eigenvalue weighted by atomic mass is 9.96. The van der Waals surface area contributed by atoms with Crippen LogP contribution in [0.1, 0.15) is 64.7 Å². The Labute approximate surface area is 93.4 Å². The standard InChI is InChI=1S/C13H24O2/c1-2-3-4-5-6-9-12-10-7-8-11-15-13(12)14/h12H,2-11H2,1H3. The van der Waals surface area contributed by atoms with Gasteiger partial charge in [0.25, 0.3) is 0 Å². The lowest BCUT2D eigenvalue weighted by Crippen LogP contribution is -2.15. The van der Waals surface area contributed by atoms with Crippen LogP contribution in [-0.2, 0) is 9.53 Å². The Balaban J connectivity index is 2.10. The Morgan fingerprint density at radius 1 is 1.20 bits per heavy atom. The van der Waals surface area contributed by atoms with Crippen LogP contribution in [0.3, 0.4) is 0 Å². The Morgan fingerprint density at radius 3 is 2.80 bits per heavy atom. The van der Waals surface area contributed by atoms with E-state index in [4.69, 9.17) is 4.74 Å². The van der Waals surface area contributed by atoms with E-state index in [2.05, 4.69) is 6.92 Å². The fourth-order valence-electron chi connectivity index (χ4n) is 2.16.